The Morgan fingerprint density at radius 3 is 2.86 bits per heavy atom. The Bertz CT molecular complexity index is 628. The summed E-state index contributed by atoms with van der Waals surface area (Å²) in [6.45, 7) is 0.702. The summed E-state index contributed by atoms with van der Waals surface area (Å²) in [5.41, 5.74) is 0.595. The number of aryl methyl sites for hydroxylation is 1. The summed E-state index contributed by atoms with van der Waals surface area (Å²) in [6, 6.07) is -0.275. The van der Waals surface area contributed by atoms with E-state index in [4.69, 9.17) is 11.6 Å². The van der Waals surface area contributed by atoms with E-state index in [0.717, 1.165) is 0 Å². The minimum Gasteiger partial charge on any atom is -0.350 e. The molecule has 21 heavy (non-hydrogen) atoms. The van der Waals surface area contributed by atoms with Gasteiger partial charge in [0.05, 0.1) is 23.1 Å². The summed E-state index contributed by atoms with van der Waals surface area (Å²) in [5, 5.41) is 7.35. The summed E-state index contributed by atoms with van der Waals surface area (Å²) >= 11 is 5.96. The molecule has 1 saturated heterocycles. The number of aromatic nitrogens is 2. The van der Waals surface area contributed by atoms with Crippen molar-refractivity contribution in [2.75, 3.05) is 25.1 Å². The van der Waals surface area contributed by atoms with Gasteiger partial charge in [0.2, 0.25) is 5.91 Å². The van der Waals surface area contributed by atoms with E-state index in [-0.39, 0.29) is 36.4 Å². The van der Waals surface area contributed by atoms with Crippen LogP contribution < -0.4 is 5.32 Å². The number of carbonyl (C=O) groups excluding carboxylic acids is 1. The lowest BCUT2D eigenvalue weighted by atomic mass is 10.2. The van der Waals surface area contributed by atoms with Crippen molar-refractivity contribution in [3.63, 3.8) is 0 Å². The summed E-state index contributed by atoms with van der Waals surface area (Å²) < 4.78 is 24.8. The first-order valence-corrected chi connectivity index (χ1v) is 8.82. The predicted molar refractivity (Wildman–Crippen MR) is 79.8 cm³/mol. The molecule has 0 aliphatic carbocycles. The van der Waals surface area contributed by atoms with Crippen LogP contribution in [0.3, 0.4) is 0 Å². The molecule has 1 N–H and O–H groups in total. The van der Waals surface area contributed by atoms with E-state index in [1.54, 1.807) is 17.9 Å². The number of carbonyl (C=O) groups is 1. The zero-order valence-corrected chi connectivity index (χ0v) is 13.6. The van der Waals surface area contributed by atoms with Crippen molar-refractivity contribution in [2.24, 2.45) is 7.05 Å². The van der Waals surface area contributed by atoms with Crippen LogP contribution in [0.2, 0.25) is 5.02 Å². The fourth-order valence-corrected chi connectivity index (χ4v) is 4.22. The third-order valence-corrected chi connectivity index (χ3v) is 5.57. The number of nitrogens with one attached hydrogen (secondary N) is 1. The van der Waals surface area contributed by atoms with Gasteiger partial charge in [-0.05, 0) is 7.05 Å². The lowest BCUT2D eigenvalue weighted by Gasteiger charge is -2.31. The smallest absolute Gasteiger partial charge is 0.221 e. The van der Waals surface area contributed by atoms with Gasteiger partial charge in [0, 0.05) is 32.3 Å². The van der Waals surface area contributed by atoms with Crippen LogP contribution in [-0.4, -0.2) is 60.1 Å². The van der Waals surface area contributed by atoms with Crippen molar-refractivity contribution in [1.29, 1.82) is 0 Å². The van der Waals surface area contributed by atoms with Crippen LogP contribution in [0.25, 0.3) is 0 Å². The minimum atomic E-state index is -3.04. The first-order chi connectivity index (χ1) is 9.77. The molecule has 0 spiro atoms. The molecular weight excluding hydrogens is 316 g/mol. The standard InChI is InChI=1S/C12H19ClN4O3S/c1-16-3-4-21(19,20)8-9(16)5-12(18)14-6-11-10(13)7-17(2)15-11/h7,9H,3-6,8H2,1-2H3,(H,14,18). The zero-order valence-electron chi connectivity index (χ0n) is 12.0. The van der Waals surface area contributed by atoms with Gasteiger partial charge in [-0.1, -0.05) is 11.6 Å². The van der Waals surface area contributed by atoms with Crippen LogP contribution in [0.1, 0.15) is 12.1 Å². The quantitative estimate of drug-likeness (QED) is 0.825. The van der Waals surface area contributed by atoms with Gasteiger partial charge in [0.15, 0.2) is 9.84 Å². The van der Waals surface area contributed by atoms with Crippen LogP contribution in [0, 0.1) is 0 Å². The van der Waals surface area contributed by atoms with E-state index in [0.29, 0.717) is 17.3 Å². The van der Waals surface area contributed by atoms with Crippen molar-refractivity contribution >= 4 is 27.3 Å². The van der Waals surface area contributed by atoms with E-state index < -0.39 is 9.84 Å². The Labute approximate surface area is 129 Å². The van der Waals surface area contributed by atoms with E-state index in [1.807, 2.05) is 11.9 Å². The highest BCUT2D eigenvalue weighted by molar-refractivity contribution is 7.91. The number of halogens is 1. The van der Waals surface area contributed by atoms with Gasteiger partial charge in [0.25, 0.3) is 0 Å². The Kier molecular flexibility index (Phi) is 4.90. The normalized spacial score (nSPS) is 22.1. The molecule has 2 rings (SSSR count). The molecule has 1 amide bonds. The fraction of sp³-hybridized carbons (Fsp3) is 0.667. The molecule has 1 atom stereocenters. The molecule has 1 fully saturated rings. The molecule has 2 heterocycles. The summed E-state index contributed by atoms with van der Waals surface area (Å²) in [4.78, 5) is 13.9. The second kappa shape index (κ2) is 6.33. The van der Waals surface area contributed by atoms with Crippen LogP contribution in [-0.2, 0) is 28.2 Å². The predicted octanol–water partition coefficient (Wildman–Crippen LogP) is -0.191. The number of hydrogen-bond acceptors (Lipinski definition) is 5. The number of hydrogen-bond donors (Lipinski definition) is 1. The molecule has 0 aromatic carbocycles. The highest BCUT2D eigenvalue weighted by atomic mass is 35.5. The molecule has 1 aromatic heterocycles. The van der Waals surface area contributed by atoms with E-state index in [9.17, 15) is 13.2 Å². The molecule has 0 radical (unpaired) electrons. The maximum absolute atomic E-state index is 11.9. The van der Waals surface area contributed by atoms with Crippen molar-refractivity contribution in [2.45, 2.75) is 19.0 Å². The zero-order chi connectivity index (χ0) is 15.6. The van der Waals surface area contributed by atoms with Gasteiger partial charge in [-0.3, -0.25) is 9.48 Å². The summed E-state index contributed by atoms with van der Waals surface area (Å²) in [5.74, 6) is -0.0162. The molecule has 1 aliphatic heterocycles. The van der Waals surface area contributed by atoms with Crippen LogP contribution >= 0.6 is 11.6 Å². The van der Waals surface area contributed by atoms with Crippen molar-refractivity contribution in [3.05, 3.63) is 16.9 Å². The molecular formula is C12H19ClN4O3S. The Balaban J connectivity index is 1.88. The lowest BCUT2D eigenvalue weighted by Crippen LogP contribution is -2.48. The fourth-order valence-electron chi connectivity index (χ4n) is 2.28. The SMILES string of the molecule is CN1CCS(=O)(=O)CC1CC(=O)NCc1nn(C)cc1Cl. The van der Waals surface area contributed by atoms with Crippen molar-refractivity contribution < 1.29 is 13.2 Å². The highest BCUT2D eigenvalue weighted by Crippen LogP contribution is 2.14. The average molecular weight is 335 g/mol. The molecule has 7 nitrogen and oxygen atoms in total. The monoisotopic (exact) mass is 334 g/mol. The summed E-state index contributed by atoms with van der Waals surface area (Å²) in [6.07, 6.45) is 1.81. The van der Waals surface area contributed by atoms with Gasteiger partial charge in [-0.25, -0.2) is 8.42 Å². The van der Waals surface area contributed by atoms with Crippen LogP contribution in [0.4, 0.5) is 0 Å². The third kappa shape index (κ3) is 4.42. The van der Waals surface area contributed by atoms with E-state index in [2.05, 4.69) is 10.4 Å². The van der Waals surface area contributed by atoms with E-state index >= 15 is 0 Å². The largest absolute Gasteiger partial charge is 0.350 e. The van der Waals surface area contributed by atoms with E-state index in [1.165, 1.54) is 0 Å². The highest BCUT2D eigenvalue weighted by Gasteiger charge is 2.30. The van der Waals surface area contributed by atoms with Crippen molar-refractivity contribution in [3.8, 4) is 0 Å². The van der Waals surface area contributed by atoms with Gasteiger partial charge >= 0.3 is 0 Å². The molecule has 1 aromatic rings. The first-order valence-electron chi connectivity index (χ1n) is 6.62. The van der Waals surface area contributed by atoms with Crippen LogP contribution in [0.15, 0.2) is 6.20 Å². The topological polar surface area (TPSA) is 84.3 Å². The lowest BCUT2D eigenvalue weighted by molar-refractivity contribution is -0.122. The average Bonchev–Trinajstić information content (AvgIpc) is 2.70. The number of sulfone groups is 1. The molecule has 0 bridgehead atoms. The van der Waals surface area contributed by atoms with Gasteiger partial charge < -0.3 is 10.2 Å². The third-order valence-electron chi connectivity index (χ3n) is 3.55. The number of nitrogens with zero attached hydrogens (tertiary/aromatic N) is 3. The first kappa shape index (κ1) is 16.3. The molecule has 9 heteroatoms. The van der Waals surface area contributed by atoms with Gasteiger partial charge in [-0.2, -0.15) is 5.10 Å². The second-order valence-corrected chi connectivity index (χ2v) is 7.96. The maximum Gasteiger partial charge on any atom is 0.221 e. The molecule has 0 saturated carbocycles. The van der Waals surface area contributed by atoms with Crippen LogP contribution in [0.5, 0.6) is 0 Å². The molecule has 1 unspecified atom stereocenters. The van der Waals surface area contributed by atoms with Gasteiger partial charge in [0.1, 0.15) is 5.69 Å². The Morgan fingerprint density at radius 1 is 1.52 bits per heavy atom. The Morgan fingerprint density at radius 2 is 2.24 bits per heavy atom. The second-order valence-electron chi connectivity index (χ2n) is 5.33. The minimum absolute atomic E-state index is 0.0290. The van der Waals surface area contributed by atoms with Gasteiger partial charge in [-0.15, -0.1) is 0 Å². The number of amides is 1. The Hall–Kier alpha value is -1.12. The molecule has 118 valence electrons. The number of rotatable bonds is 4. The summed E-state index contributed by atoms with van der Waals surface area (Å²) in [7, 11) is 0.545. The molecule has 1 aliphatic rings. The van der Waals surface area contributed by atoms with Crippen molar-refractivity contribution in [1.82, 2.24) is 20.0 Å². The maximum atomic E-state index is 11.9.